The molecule has 0 aromatic heterocycles. The number of amides is 1. The van der Waals surface area contributed by atoms with E-state index < -0.39 is 11.6 Å². The smallest absolute Gasteiger partial charge is 0.266 e. The first-order valence-corrected chi connectivity index (χ1v) is 15.0. The molecule has 1 amide bonds. The number of nitrogens with one attached hydrogen (secondary N) is 2. The van der Waals surface area contributed by atoms with E-state index in [0.717, 1.165) is 26.7 Å². The molecule has 8 heteroatoms. The lowest BCUT2D eigenvalue weighted by Crippen LogP contribution is -2.52. The summed E-state index contributed by atoms with van der Waals surface area (Å²) in [6, 6.07) is 35.0. The molecule has 0 radical (unpaired) electrons. The fourth-order valence-corrected chi connectivity index (χ4v) is 5.09. The second-order valence-electron chi connectivity index (χ2n) is 10.2. The molecule has 3 N–H and O–H groups in total. The zero-order chi connectivity index (χ0) is 29.9. The summed E-state index contributed by atoms with van der Waals surface area (Å²) in [5.74, 6) is 0.759. The Morgan fingerprint density at radius 3 is 2.35 bits per heavy atom. The van der Waals surface area contributed by atoms with Crippen molar-refractivity contribution >= 4 is 33.8 Å². The van der Waals surface area contributed by atoms with Crippen molar-refractivity contribution in [2.24, 2.45) is 4.99 Å². The van der Waals surface area contributed by atoms with E-state index in [4.69, 9.17) is 19.6 Å². The number of hydrogen-bond donors (Lipinski definition) is 3. The maximum atomic E-state index is 14.2. The zero-order valence-corrected chi connectivity index (χ0v) is 25.2. The minimum absolute atomic E-state index is 0.0727. The van der Waals surface area contributed by atoms with E-state index in [-0.39, 0.29) is 12.5 Å². The second kappa shape index (κ2) is 14.8. The van der Waals surface area contributed by atoms with Gasteiger partial charge >= 0.3 is 0 Å². The van der Waals surface area contributed by atoms with E-state index in [9.17, 15) is 4.79 Å². The summed E-state index contributed by atoms with van der Waals surface area (Å²) in [7, 11) is 0. The van der Waals surface area contributed by atoms with Crippen LogP contribution in [0.4, 0.5) is 0 Å². The number of nitrogens with zero attached hydrogens (tertiary/aromatic N) is 1. The molecule has 1 aliphatic heterocycles. The van der Waals surface area contributed by atoms with Gasteiger partial charge in [0.1, 0.15) is 5.75 Å². The van der Waals surface area contributed by atoms with Gasteiger partial charge in [0.15, 0.2) is 11.6 Å². The van der Waals surface area contributed by atoms with E-state index in [0.29, 0.717) is 37.6 Å². The van der Waals surface area contributed by atoms with Gasteiger partial charge in [-0.15, -0.1) is 0 Å². The Hall–Kier alpha value is -4.24. The summed E-state index contributed by atoms with van der Waals surface area (Å²) < 4.78 is 13.2. The Bertz CT molecular complexity index is 1530. The van der Waals surface area contributed by atoms with Crippen molar-refractivity contribution in [1.29, 1.82) is 0 Å². The lowest BCUT2D eigenvalue weighted by molar-refractivity contribution is -0.129. The van der Waals surface area contributed by atoms with Crippen LogP contribution in [0.25, 0.3) is 6.08 Å². The number of carbonyl (C=O) groups is 1. The highest BCUT2D eigenvalue weighted by atomic mass is 79.9. The fraction of sp³-hybridized carbons (Fsp3) is 0.200. The first kappa shape index (κ1) is 30.2. The fourth-order valence-electron chi connectivity index (χ4n) is 4.82. The van der Waals surface area contributed by atoms with Crippen LogP contribution >= 0.6 is 15.9 Å². The molecule has 1 heterocycles. The monoisotopic (exact) mass is 639 g/mol. The van der Waals surface area contributed by atoms with Crippen LogP contribution in [0.1, 0.15) is 41.2 Å². The van der Waals surface area contributed by atoms with Crippen LogP contribution in [0, 0.1) is 0 Å². The number of hydrogen-bond acceptors (Lipinski definition) is 6. The lowest BCUT2D eigenvalue weighted by Gasteiger charge is -2.30. The van der Waals surface area contributed by atoms with Gasteiger partial charge in [0.2, 0.25) is 5.90 Å². The minimum Gasteiger partial charge on any atom is -0.494 e. The van der Waals surface area contributed by atoms with Gasteiger partial charge < -0.3 is 14.6 Å². The van der Waals surface area contributed by atoms with Gasteiger partial charge in [0, 0.05) is 36.0 Å². The molecule has 2 atom stereocenters. The molecule has 1 aliphatic rings. The van der Waals surface area contributed by atoms with Crippen LogP contribution in [0.5, 0.6) is 5.75 Å². The highest BCUT2D eigenvalue weighted by molar-refractivity contribution is 9.10. The van der Waals surface area contributed by atoms with Gasteiger partial charge in [-0.1, -0.05) is 101 Å². The Labute approximate surface area is 260 Å². The highest BCUT2D eigenvalue weighted by Crippen LogP contribution is 2.43. The number of carbonyl (C=O) groups excluding carboxylic acids is 1. The third kappa shape index (κ3) is 7.78. The van der Waals surface area contributed by atoms with Crippen LogP contribution < -0.4 is 15.6 Å². The number of hydrazine groups is 1. The van der Waals surface area contributed by atoms with Crippen LogP contribution in [0.15, 0.2) is 125 Å². The maximum absolute atomic E-state index is 14.2. The van der Waals surface area contributed by atoms with Crippen molar-refractivity contribution in [3.8, 4) is 5.75 Å². The molecule has 0 bridgehead atoms. The van der Waals surface area contributed by atoms with E-state index in [1.54, 1.807) is 0 Å². The third-order valence-electron chi connectivity index (χ3n) is 7.08. The van der Waals surface area contributed by atoms with Crippen LogP contribution in [0.3, 0.4) is 0 Å². The number of aliphatic imine (C=N–C) groups is 1. The SMILES string of the molecule is O=C(NNCc1ccccc1)[C@@]1(C/C=C/c2ccccc2)N=C(c2ccc(OCCCO)cc2)O[C@H]1c1ccc(Br)cc1. The van der Waals surface area contributed by atoms with E-state index in [1.165, 1.54) is 0 Å². The average molecular weight is 641 g/mol. The molecular formula is C35H34BrN3O4. The van der Waals surface area contributed by atoms with E-state index in [2.05, 4.69) is 26.8 Å². The number of halogens is 1. The molecule has 0 saturated heterocycles. The minimum atomic E-state index is -1.30. The molecular weight excluding hydrogens is 606 g/mol. The van der Waals surface area contributed by atoms with E-state index >= 15 is 0 Å². The first-order valence-electron chi connectivity index (χ1n) is 14.2. The van der Waals surface area contributed by atoms with Gasteiger partial charge in [-0.3, -0.25) is 10.2 Å². The third-order valence-corrected chi connectivity index (χ3v) is 7.61. The molecule has 4 aromatic carbocycles. The van der Waals surface area contributed by atoms with E-state index in [1.807, 2.05) is 121 Å². The number of rotatable bonds is 13. The normalized spacial score (nSPS) is 17.8. The maximum Gasteiger partial charge on any atom is 0.266 e. The molecule has 0 unspecified atom stereocenters. The average Bonchev–Trinajstić information content (AvgIpc) is 3.43. The van der Waals surface area contributed by atoms with Crippen LogP contribution in [-0.2, 0) is 16.1 Å². The second-order valence-corrected chi connectivity index (χ2v) is 11.1. The van der Waals surface area contributed by atoms with Crippen LogP contribution in [0.2, 0.25) is 0 Å². The molecule has 5 rings (SSSR count). The van der Waals surface area contributed by atoms with Crippen molar-refractivity contribution in [3.63, 3.8) is 0 Å². The molecule has 4 aromatic rings. The molecule has 0 aliphatic carbocycles. The first-order chi connectivity index (χ1) is 21.1. The molecule has 43 heavy (non-hydrogen) atoms. The Balaban J connectivity index is 1.48. The number of aliphatic hydroxyl groups excluding tert-OH is 1. The summed E-state index contributed by atoms with van der Waals surface area (Å²) in [5, 5.41) is 9.04. The number of benzene rings is 4. The van der Waals surface area contributed by atoms with Crippen molar-refractivity contribution in [1.82, 2.24) is 10.9 Å². The highest BCUT2D eigenvalue weighted by Gasteiger charge is 2.52. The van der Waals surface area contributed by atoms with Gasteiger partial charge in [-0.05, 0) is 53.1 Å². The predicted molar refractivity (Wildman–Crippen MR) is 172 cm³/mol. The Morgan fingerprint density at radius 2 is 1.65 bits per heavy atom. The van der Waals surface area contributed by atoms with Crippen molar-refractivity contribution < 1.29 is 19.4 Å². The molecule has 0 saturated carbocycles. The standard InChI is InChI=1S/C35H34BrN3O4/c36-30-18-14-28(15-19-30)32-35(22-7-13-26-9-3-1-4-10-26,34(41)39-37-25-27-11-5-2-6-12-27)38-33(43-32)29-16-20-31(21-17-29)42-24-8-23-40/h1-7,9-21,32,37,40H,8,22-25H2,(H,39,41)/b13-7+/t32-,35-/m0/s1. The number of ether oxygens (including phenoxy) is 2. The summed E-state index contributed by atoms with van der Waals surface area (Å²) in [4.78, 5) is 19.2. The number of aliphatic hydroxyl groups is 1. The zero-order valence-electron chi connectivity index (χ0n) is 23.7. The van der Waals surface area contributed by atoms with Gasteiger partial charge in [0.05, 0.1) is 6.61 Å². The molecule has 220 valence electrons. The summed E-state index contributed by atoms with van der Waals surface area (Å²) in [6.07, 6.45) is 4.14. The molecule has 0 spiro atoms. The quantitative estimate of drug-likeness (QED) is 0.116. The lowest BCUT2D eigenvalue weighted by atomic mass is 9.84. The summed E-state index contributed by atoms with van der Waals surface area (Å²) in [6.45, 7) is 0.954. The Morgan fingerprint density at radius 1 is 0.953 bits per heavy atom. The molecule has 7 nitrogen and oxygen atoms in total. The predicted octanol–water partition coefficient (Wildman–Crippen LogP) is 6.39. The van der Waals surface area contributed by atoms with Crippen molar-refractivity contribution in [3.05, 3.63) is 142 Å². The van der Waals surface area contributed by atoms with Crippen LogP contribution in [-0.4, -0.2) is 35.7 Å². The molecule has 0 fully saturated rings. The Kier molecular flexibility index (Phi) is 10.4. The van der Waals surface area contributed by atoms with Gasteiger partial charge in [-0.25, -0.2) is 10.4 Å². The largest absolute Gasteiger partial charge is 0.494 e. The topological polar surface area (TPSA) is 92.2 Å². The van der Waals surface area contributed by atoms with Gasteiger partial charge in [0.25, 0.3) is 5.91 Å². The summed E-state index contributed by atoms with van der Waals surface area (Å²) in [5.41, 5.74) is 8.35. The van der Waals surface area contributed by atoms with Crippen molar-refractivity contribution in [2.75, 3.05) is 13.2 Å². The van der Waals surface area contributed by atoms with Gasteiger partial charge in [-0.2, -0.15) is 0 Å². The van der Waals surface area contributed by atoms with Crippen molar-refractivity contribution in [2.45, 2.75) is 31.0 Å². The summed E-state index contributed by atoms with van der Waals surface area (Å²) >= 11 is 3.52.